The lowest BCUT2D eigenvalue weighted by atomic mass is 10.1. The van der Waals surface area contributed by atoms with Gasteiger partial charge in [-0.25, -0.2) is 9.98 Å². The van der Waals surface area contributed by atoms with Crippen LogP contribution in [0.1, 0.15) is 11.1 Å². The number of hydrogen-bond donors (Lipinski definition) is 5. The molecule has 1 aromatic carbocycles. The van der Waals surface area contributed by atoms with Gasteiger partial charge in [-0.05, 0) is 23.8 Å². The molecule has 210 valence electrons. The van der Waals surface area contributed by atoms with Crippen molar-refractivity contribution in [3.05, 3.63) is 64.4 Å². The van der Waals surface area contributed by atoms with E-state index in [4.69, 9.17) is 21.7 Å². The number of aliphatic imine (C=N–C) groups is 1. The molecule has 1 saturated heterocycles. The van der Waals surface area contributed by atoms with Crippen LogP contribution in [0.25, 0.3) is 11.2 Å². The van der Waals surface area contributed by atoms with Crippen LogP contribution in [-0.2, 0) is 19.8 Å². The second kappa shape index (κ2) is 10.8. The average molecular weight is 576 g/mol. The lowest BCUT2D eigenvalue weighted by Crippen LogP contribution is -2.49. The minimum atomic E-state index is -4.55. The van der Waals surface area contributed by atoms with E-state index < -0.39 is 17.8 Å². The van der Waals surface area contributed by atoms with Gasteiger partial charge in [-0.3, -0.25) is 4.90 Å². The Labute approximate surface area is 231 Å². The number of anilines is 2. The summed E-state index contributed by atoms with van der Waals surface area (Å²) in [5, 5.41) is 26.3. The molecule has 0 atom stereocenters. The third kappa shape index (κ3) is 5.46. The molecular weight excluding hydrogens is 551 g/mol. The summed E-state index contributed by atoms with van der Waals surface area (Å²) < 4.78 is 48.4. The number of allylic oxidation sites excluding steroid dienone is 1. The van der Waals surface area contributed by atoms with Gasteiger partial charge in [-0.2, -0.15) is 18.2 Å². The molecule has 15 heteroatoms. The van der Waals surface area contributed by atoms with Crippen molar-refractivity contribution in [3.63, 3.8) is 0 Å². The predicted octanol–water partition coefficient (Wildman–Crippen LogP) is 3.49. The van der Waals surface area contributed by atoms with Crippen molar-refractivity contribution in [2.45, 2.75) is 18.8 Å². The SMILES string of the molecule is CNC1=NC=CN/C1=C(\C=N)Oc1cnc2nc(Nc3cc(CN4CC(O)C4)cc(C(F)(F)F)c3)n(C)c2c1Cl. The summed E-state index contributed by atoms with van der Waals surface area (Å²) in [7, 11) is 3.31. The number of β-amino-alcohol motifs (C(OH)–C–C–N with tert-alkyl or cyclic N) is 1. The fourth-order valence-corrected chi connectivity index (χ4v) is 4.69. The van der Waals surface area contributed by atoms with Crippen molar-refractivity contribution in [2.24, 2.45) is 12.0 Å². The number of aryl methyl sites for hydroxylation is 1. The highest BCUT2D eigenvalue weighted by Gasteiger charge is 2.32. The van der Waals surface area contributed by atoms with Gasteiger partial charge in [-0.15, -0.1) is 0 Å². The Morgan fingerprint density at radius 1 is 1.32 bits per heavy atom. The first-order chi connectivity index (χ1) is 19.1. The van der Waals surface area contributed by atoms with Crippen LogP contribution < -0.4 is 20.7 Å². The van der Waals surface area contributed by atoms with Crippen molar-refractivity contribution in [2.75, 3.05) is 25.5 Å². The molecule has 2 aliphatic rings. The molecule has 5 rings (SSSR count). The second-order valence-corrected chi connectivity index (χ2v) is 9.54. The topological polar surface area (TPSA) is 136 Å². The Balaban J connectivity index is 1.46. The molecule has 0 unspecified atom stereocenters. The molecule has 11 nitrogen and oxygen atoms in total. The molecule has 5 N–H and O–H groups in total. The number of likely N-dealkylation sites (tertiary alicyclic amines) is 1. The summed E-state index contributed by atoms with van der Waals surface area (Å²) in [6.07, 6.45) is 0.463. The number of amidine groups is 1. The van der Waals surface area contributed by atoms with E-state index >= 15 is 0 Å². The number of imidazole rings is 1. The Hall–Kier alpha value is -4.14. The Morgan fingerprint density at radius 3 is 2.77 bits per heavy atom. The Kier molecular flexibility index (Phi) is 7.40. The fourth-order valence-electron chi connectivity index (χ4n) is 4.39. The number of aliphatic hydroxyl groups is 1. The molecule has 0 radical (unpaired) electrons. The number of aromatic nitrogens is 3. The molecule has 2 aliphatic heterocycles. The van der Waals surface area contributed by atoms with Crippen LogP contribution in [0.3, 0.4) is 0 Å². The van der Waals surface area contributed by atoms with Crippen molar-refractivity contribution in [1.29, 1.82) is 5.41 Å². The highest BCUT2D eigenvalue weighted by molar-refractivity contribution is 6.36. The maximum Gasteiger partial charge on any atom is 0.416 e. The van der Waals surface area contributed by atoms with E-state index in [-0.39, 0.29) is 40.4 Å². The standard InChI is InChI=1S/C25H25ClF3N9O2/c1-31-22-20(32-3-4-33-22)17(8-30)40-18-9-34-23-21(19(18)26)37(2)24(36-23)35-15-6-13(10-38-11-16(39)12-38)5-14(7-15)25(27,28)29/h3-9,16,30,32,39H,10-12H2,1-2H3,(H,31,33)(H,34,35,36)/b20-17+,30-8?. The van der Waals surface area contributed by atoms with E-state index in [1.165, 1.54) is 6.20 Å². The van der Waals surface area contributed by atoms with Crippen LogP contribution in [0, 0.1) is 5.41 Å². The summed E-state index contributed by atoms with van der Waals surface area (Å²) in [6.45, 7) is 1.08. The lowest BCUT2D eigenvalue weighted by Gasteiger charge is -2.36. The number of aliphatic hydroxyl groups excluding tert-OH is 1. The van der Waals surface area contributed by atoms with E-state index in [1.807, 2.05) is 4.90 Å². The first-order valence-electron chi connectivity index (χ1n) is 12.1. The quantitative estimate of drug-likeness (QED) is 0.213. The van der Waals surface area contributed by atoms with Gasteiger partial charge in [0.1, 0.15) is 16.2 Å². The number of ether oxygens (including phenoxy) is 1. The third-order valence-electron chi connectivity index (χ3n) is 6.30. The number of alkyl halides is 3. The van der Waals surface area contributed by atoms with Crippen molar-refractivity contribution in [3.8, 4) is 5.75 Å². The van der Waals surface area contributed by atoms with E-state index in [2.05, 4.69) is 30.9 Å². The number of hydrogen-bond acceptors (Lipinski definition) is 10. The second-order valence-electron chi connectivity index (χ2n) is 9.17. The van der Waals surface area contributed by atoms with Gasteiger partial charge >= 0.3 is 6.18 Å². The fraction of sp³-hybridized carbons (Fsp3) is 0.280. The first kappa shape index (κ1) is 27.4. The smallest absolute Gasteiger partial charge is 0.416 e. The summed E-state index contributed by atoms with van der Waals surface area (Å²) in [5.41, 5.74) is 0.848. The number of nitrogens with one attached hydrogen (secondary N) is 4. The molecule has 1 fully saturated rings. The molecule has 0 saturated carbocycles. The molecule has 0 spiro atoms. The van der Waals surface area contributed by atoms with Crippen LogP contribution >= 0.6 is 11.6 Å². The third-order valence-corrected chi connectivity index (χ3v) is 6.67. The summed E-state index contributed by atoms with van der Waals surface area (Å²) >= 11 is 6.67. The molecule has 4 heterocycles. The molecule has 0 bridgehead atoms. The summed E-state index contributed by atoms with van der Waals surface area (Å²) in [5.74, 6) is 0.913. The van der Waals surface area contributed by atoms with Gasteiger partial charge in [0.2, 0.25) is 5.95 Å². The number of likely N-dealkylation sites (N-methyl/N-ethyl adjacent to an activating group) is 1. The number of nitrogens with zero attached hydrogens (tertiary/aromatic N) is 5. The minimum absolute atomic E-state index is 0.118. The van der Waals surface area contributed by atoms with Crippen LogP contribution in [0.5, 0.6) is 5.75 Å². The Morgan fingerprint density at radius 2 is 2.10 bits per heavy atom. The van der Waals surface area contributed by atoms with Crippen molar-refractivity contribution in [1.82, 2.24) is 30.1 Å². The van der Waals surface area contributed by atoms with Crippen LogP contribution in [0.4, 0.5) is 24.8 Å². The van der Waals surface area contributed by atoms with Gasteiger partial charge in [-0.1, -0.05) is 11.6 Å². The van der Waals surface area contributed by atoms with Crippen molar-refractivity contribution >= 4 is 46.5 Å². The van der Waals surface area contributed by atoms with Crippen LogP contribution in [-0.4, -0.2) is 62.8 Å². The Bertz CT molecular complexity index is 1560. The monoisotopic (exact) mass is 575 g/mol. The predicted molar refractivity (Wildman–Crippen MR) is 145 cm³/mol. The minimum Gasteiger partial charge on any atom is -0.450 e. The zero-order valence-electron chi connectivity index (χ0n) is 21.3. The van der Waals surface area contributed by atoms with Gasteiger partial charge in [0.25, 0.3) is 0 Å². The number of benzene rings is 1. The van der Waals surface area contributed by atoms with E-state index in [9.17, 15) is 18.3 Å². The summed E-state index contributed by atoms with van der Waals surface area (Å²) in [4.78, 5) is 14.8. The molecule has 40 heavy (non-hydrogen) atoms. The van der Waals surface area contributed by atoms with Crippen LogP contribution in [0.15, 0.2) is 53.2 Å². The van der Waals surface area contributed by atoms with Gasteiger partial charge in [0, 0.05) is 51.8 Å². The number of fused-ring (bicyclic) bond motifs is 1. The van der Waals surface area contributed by atoms with E-state index in [0.29, 0.717) is 35.7 Å². The van der Waals surface area contributed by atoms with Crippen LogP contribution in [0.2, 0.25) is 5.02 Å². The zero-order valence-corrected chi connectivity index (χ0v) is 22.1. The van der Waals surface area contributed by atoms with Gasteiger partial charge < -0.3 is 35.8 Å². The maximum atomic E-state index is 13.7. The van der Waals surface area contributed by atoms with Gasteiger partial charge in [0.05, 0.1) is 24.1 Å². The largest absolute Gasteiger partial charge is 0.450 e. The van der Waals surface area contributed by atoms with E-state index in [0.717, 1.165) is 18.3 Å². The number of pyridine rings is 1. The highest BCUT2D eigenvalue weighted by Crippen LogP contribution is 2.36. The average Bonchev–Trinajstić information content (AvgIpc) is 3.22. The zero-order chi connectivity index (χ0) is 28.6. The summed E-state index contributed by atoms with van der Waals surface area (Å²) in [6, 6.07) is 3.72. The molecule has 0 amide bonds. The molecule has 3 aromatic rings. The number of rotatable bonds is 7. The van der Waals surface area contributed by atoms with Crippen molar-refractivity contribution < 1.29 is 23.0 Å². The first-order valence-corrected chi connectivity index (χ1v) is 12.4. The maximum absolute atomic E-state index is 13.7. The highest BCUT2D eigenvalue weighted by atomic mass is 35.5. The van der Waals surface area contributed by atoms with Gasteiger partial charge in [0.15, 0.2) is 23.0 Å². The van der Waals surface area contributed by atoms with E-state index in [1.54, 1.807) is 37.1 Å². The molecule has 2 aromatic heterocycles. The lowest BCUT2D eigenvalue weighted by molar-refractivity contribution is -0.137. The molecular formula is C25H25ClF3N9O2. The molecule has 0 aliphatic carbocycles. The normalized spacial score (nSPS) is 17.2. The number of halogens is 4.